The van der Waals surface area contributed by atoms with Gasteiger partial charge in [-0.25, -0.2) is 13.1 Å². The zero-order valence-corrected chi connectivity index (χ0v) is 29.2. The largest absolute Gasteiger partial charge is 0.496 e. The van der Waals surface area contributed by atoms with Crippen LogP contribution in [0.3, 0.4) is 0 Å². The number of rotatable bonds is 6. The maximum Gasteiger partial charge on any atom is 0.265 e. The van der Waals surface area contributed by atoms with E-state index in [4.69, 9.17) is 4.74 Å². The smallest absolute Gasteiger partial charge is 0.265 e. The van der Waals surface area contributed by atoms with Gasteiger partial charge in [-0.05, 0) is 106 Å². The van der Waals surface area contributed by atoms with Crippen LogP contribution in [-0.4, -0.2) is 64.9 Å². The number of aliphatic hydroxyl groups is 1. The Morgan fingerprint density at radius 1 is 1.06 bits per heavy atom. The number of hydrogen-bond acceptors (Lipinski definition) is 6. The van der Waals surface area contributed by atoms with Crippen molar-refractivity contribution >= 4 is 32.7 Å². The van der Waals surface area contributed by atoms with Gasteiger partial charge in [-0.2, -0.15) is 0 Å². The van der Waals surface area contributed by atoms with E-state index < -0.39 is 26.8 Å². The number of hydrogen-bond donors (Lipinski definition) is 2. The molecule has 9 nitrogen and oxygen atoms in total. The van der Waals surface area contributed by atoms with Crippen LogP contribution in [0.4, 0.5) is 0 Å². The summed E-state index contributed by atoms with van der Waals surface area (Å²) in [4.78, 5) is 30.6. The van der Waals surface area contributed by atoms with Crippen LogP contribution in [0, 0.1) is 5.92 Å². The van der Waals surface area contributed by atoms with Crippen molar-refractivity contribution < 1.29 is 27.9 Å². The van der Waals surface area contributed by atoms with Gasteiger partial charge in [-0.1, -0.05) is 37.5 Å². The Balaban J connectivity index is 1.29. The van der Waals surface area contributed by atoms with Crippen LogP contribution in [0.1, 0.15) is 108 Å². The SMILES string of the molecule is COc1ccc(C2CCCCC2)c2c1cc1n2CC2=C(C(=O)NS(=O)(=O)C(C)C)C2=C2C=CC[C@@H](C(=O)N3C4CCC3CC(C)(O)C4)C21. The minimum atomic E-state index is -3.83. The van der Waals surface area contributed by atoms with Crippen molar-refractivity contribution in [3.8, 4) is 5.75 Å². The molecular weight excluding hydrogens is 627 g/mol. The van der Waals surface area contributed by atoms with Gasteiger partial charge in [0.05, 0.1) is 35.0 Å². The van der Waals surface area contributed by atoms with Crippen molar-refractivity contribution in [1.82, 2.24) is 14.2 Å². The van der Waals surface area contributed by atoms with Gasteiger partial charge in [0, 0.05) is 35.6 Å². The highest BCUT2D eigenvalue weighted by Gasteiger charge is 2.52. The minimum absolute atomic E-state index is 0.0140. The summed E-state index contributed by atoms with van der Waals surface area (Å²) in [6.45, 7) is 5.43. The summed E-state index contributed by atoms with van der Waals surface area (Å²) < 4.78 is 36.2. The third-order valence-corrected chi connectivity index (χ3v) is 13.8. The highest BCUT2D eigenvalue weighted by atomic mass is 32.2. The number of sulfonamides is 1. The molecule has 1 saturated carbocycles. The lowest BCUT2D eigenvalue weighted by Crippen LogP contribution is -2.54. The van der Waals surface area contributed by atoms with Crippen LogP contribution in [0.2, 0.25) is 0 Å². The third kappa shape index (κ3) is 4.99. The number of nitrogens with zero attached hydrogens (tertiary/aromatic N) is 2. The first-order chi connectivity index (χ1) is 22.9. The second kappa shape index (κ2) is 11.3. The summed E-state index contributed by atoms with van der Waals surface area (Å²) in [5.74, 6) is 0.00282. The number of benzene rings is 1. The lowest BCUT2D eigenvalue weighted by Gasteiger charge is -2.44. The molecule has 0 spiro atoms. The summed E-state index contributed by atoms with van der Waals surface area (Å²) >= 11 is 0. The topological polar surface area (TPSA) is 118 Å². The molecule has 3 aliphatic heterocycles. The van der Waals surface area contributed by atoms with Crippen molar-refractivity contribution in [2.75, 3.05) is 7.11 Å². The molecule has 0 radical (unpaired) electrons. The molecule has 3 aliphatic carbocycles. The molecule has 2 saturated heterocycles. The number of amides is 2. The summed E-state index contributed by atoms with van der Waals surface area (Å²) in [6, 6.07) is 6.52. The molecule has 3 fully saturated rings. The lowest BCUT2D eigenvalue weighted by atomic mass is 9.75. The van der Waals surface area contributed by atoms with E-state index in [2.05, 4.69) is 38.5 Å². The van der Waals surface area contributed by atoms with Crippen molar-refractivity contribution in [1.29, 1.82) is 0 Å². The Bertz CT molecular complexity index is 1910. The Morgan fingerprint density at radius 2 is 1.77 bits per heavy atom. The number of carbonyl (C=O) groups is 2. The second-order valence-corrected chi connectivity index (χ2v) is 17.8. The van der Waals surface area contributed by atoms with Crippen LogP contribution >= 0.6 is 0 Å². The first-order valence-corrected chi connectivity index (χ1v) is 19.4. The molecule has 10 heteroatoms. The van der Waals surface area contributed by atoms with Gasteiger partial charge in [-0.3, -0.25) is 9.59 Å². The van der Waals surface area contributed by atoms with Crippen molar-refractivity contribution in [2.24, 2.45) is 5.92 Å². The van der Waals surface area contributed by atoms with Gasteiger partial charge < -0.3 is 19.3 Å². The highest BCUT2D eigenvalue weighted by Crippen LogP contribution is 2.56. The van der Waals surface area contributed by atoms with Gasteiger partial charge >= 0.3 is 0 Å². The molecule has 256 valence electrons. The number of methoxy groups -OCH3 is 1. The first kappa shape index (κ1) is 31.9. The molecule has 3 unspecified atom stereocenters. The number of aromatic nitrogens is 1. The van der Waals surface area contributed by atoms with Crippen LogP contribution in [-0.2, 0) is 26.2 Å². The molecule has 2 N–H and O–H groups in total. The third-order valence-electron chi connectivity index (χ3n) is 12.1. The van der Waals surface area contributed by atoms with E-state index in [0.717, 1.165) is 64.7 Å². The molecule has 4 heterocycles. The molecule has 6 aliphatic rings. The maximum absolute atomic E-state index is 14.8. The predicted molar refractivity (Wildman–Crippen MR) is 184 cm³/mol. The summed E-state index contributed by atoms with van der Waals surface area (Å²) in [7, 11) is -2.14. The van der Waals surface area contributed by atoms with Gasteiger partial charge in [0.25, 0.3) is 5.91 Å². The number of ether oxygens (including phenoxy) is 1. The van der Waals surface area contributed by atoms with Crippen LogP contribution in [0.15, 0.2) is 52.6 Å². The molecule has 2 amide bonds. The number of carbonyl (C=O) groups excluding carboxylic acids is 2. The maximum atomic E-state index is 14.8. The van der Waals surface area contributed by atoms with Crippen LogP contribution in [0.25, 0.3) is 10.9 Å². The summed E-state index contributed by atoms with van der Waals surface area (Å²) in [6.07, 6.45) is 13.5. The molecule has 2 bridgehead atoms. The van der Waals surface area contributed by atoms with E-state index in [0.29, 0.717) is 37.3 Å². The minimum Gasteiger partial charge on any atom is -0.496 e. The van der Waals surface area contributed by atoms with E-state index in [1.165, 1.54) is 24.8 Å². The Labute approximate surface area is 283 Å². The van der Waals surface area contributed by atoms with Crippen LogP contribution in [0.5, 0.6) is 5.75 Å². The molecule has 8 rings (SSSR count). The molecule has 1 aromatic carbocycles. The molecular formula is C38H47N3O6S. The average molecular weight is 674 g/mol. The fourth-order valence-electron chi connectivity index (χ4n) is 9.82. The van der Waals surface area contributed by atoms with E-state index in [1.807, 2.05) is 13.0 Å². The first-order valence-electron chi connectivity index (χ1n) is 17.9. The number of allylic oxidation sites excluding steroid dienone is 4. The fourth-order valence-corrected chi connectivity index (χ4v) is 10.4. The quantitative estimate of drug-likeness (QED) is 0.404. The molecule has 4 atom stereocenters. The number of nitrogens with one attached hydrogen (secondary N) is 1. The van der Waals surface area contributed by atoms with Crippen molar-refractivity contribution in [3.63, 3.8) is 0 Å². The van der Waals surface area contributed by atoms with Gasteiger partial charge in [0.1, 0.15) is 5.75 Å². The number of fused-ring (bicyclic) bond motifs is 8. The zero-order chi connectivity index (χ0) is 33.7. The fraction of sp³-hybridized carbons (Fsp3) is 0.579. The Kier molecular flexibility index (Phi) is 7.53. The van der Waals surface area contributed by atoms with E-state index in [1.54, 1.807) is 21.0 Å². The summed E-state index contributed by atoms with van der Waals surface area (Å²) in [5.41, 5.74) is 5.64. The van der Waals surface area contributed by atoms with E-state index in [-0.39, 0.29) is 29.8 Å². The highest BCUT2D eigenvalue weighted by molar-refractivity contribution is 7.90. The zero-order valence-electron chi connectivity index (χ0n) is 28.4. The van der Waals surface area contributed by atoms with Crippen molar-refractivity contribution in [3.05, 3.63) is 63.9 Å². The predicted octanol–water partition coefficient (Wildman–Crippen LogP) is 5.74. The lowest BCUT2D eigenvalue weighted by molar-refractivity contribution is -0.145. The molecule has 48 heavy (non-hydrogen) atoms. The van der Waals surface area contributed by atoms with E-state index in [9.17, 15) is 23.1 Å². The molecule has 1 aromatic heterocycles. The Hall–Kier alpha value is -3.37. The average Bonchev–Trinajstić information content (AvgIpc) is 3.58. The van der Waals surface area contributed by atoms with Crippen LogP contribution < -0.4 is 9.46 Å². The Morgan fingerprint density at radius 3 is 2.44 bits per heavy atom. The van der Waals surface area contributed by atoms with E-state index >= 15 is 0 Å². The standard InChI is InChI=1S/C38H47N3O6S/c1-21(2)48(45,46)39-36(42)34-29-20-40-30(17-28-31(47-4)16-15-25(35(28)40)22-9-6-5-7-10-22)32-26(33(29)34)11-8-12-27(32)37(43)41-23-13-14-24(41)19-38(3,44)18-23/h8,11,15-17,21-24,27,32,44H,5-7,9-10,12-14,18-20H2,1-4H3,(H,39,42)/t23?,24?,27-,32?,38?/m1/s1. The van der Waals surface area contributed by atoms with Gasteiger partial charge in [0.15, 0.2) is 0 Å². The number of piperidine rings is 1. The van der Waals surface area contributed by atoms with Gasteiger partial charge in [0.2, 0.25) is 15.9 Å². The summed E-state index contributed by atoms with van der Waals surface area (Å²) in [5, 5.41) is 11.2. The monoisotopic (exact) mass is 673 g/mol. The normalized spacial score (nSPS) is 29.9. The van der Waals surface area contributed by atoms with Crippen molar-refractivity contribution in [2.45, 2.75) is 126 Å². The second-order valence-electron chi connectivity index (χ2n) is 15.6. The van der Waals surface area contributed by atoms with Gasteiger partial charge in [-0.15, -0.1) is 0 Å². The molecule has 2 aromatic rings.